The van der Waals surface area contributed by atoms with Crippen LogP contribution < -0.4 is 0 Å². The van der Waals surface area contributed by atoms with Gasteiger partial charge in [-0.2, -0.15) is 0 Å². The molecule has 35 heavy (non-hydrogen) atoms. The molecule has 5 aliphatic carbocycles. The summed E-state index contributed by atoms with van der Waals surface area (Å²) < 4.78 is 0. The Morgan fingerprint density at radius 2 is 1.54 bits per heavy atom. The molecule has 0 aromatic rings. The van der Waals surface area contributed by atoms with E-state index in [1.165, 1.54) is 0 Å². The quantitative estimate of drug-likeness (QED) is 0.322. The number of carbonyl (C=O) groups is 2. The zero-order valence-electron chi connectivity index (χ0n) is 23.2. The number of allylic oxidation sites excluding steroid dienone is 1. The number of Topliss-reactive ketones (excluding diaryl/α,β-unsaturated/α-hetero) is 2. The lowest BCUT2D eigenvalue weighted by atomic mass is 9.31. The van der Waals surface area contributed by atoms with Crippen LogP contribution in [0.3, 0.4) is 0 Å². The maximum Gasteiger partial charge on any atom is 0.167 e. The van der Waals surface area contributed by atoms with Gasteiger partial charge in [0, 0.05) is 29.9 Å². The van der Waals surface area contributed by atoms with Crippen molar-refractivity contribution in [2.24, 2.45) is 56.2 Å². The van der Waals surface area contributed by atoms with Crippen molar-refractivity contribution in [3.63, 3.8) is 0 Å². The molecule has 0 aromatic heterocycles. The number of ketones is 2. The van der Waals surface area contributed by atoms with Crippen molar-refractivity contribution >= 4 is 11.6 Å². The summed E-state index contributed by atoms with van der Waals surface area (Å²) in [6, 6.07) is 0. The summed E-state index contributed by atoms with van der Waals surface area (Å²) in [4.78, 5) is 27.6. The standard InChI is InChI=1S/C31H48O4/c1-26(2)10-12-31(18-33)13-11-30(7)24(20(31)16-26)21(34)14-23-28(5)15-19(17-32)25(35)27(3,4)22(28)8-9-29(23,30)6/h17,20,22-24,32-33H,8-16,18H2,1-7H3/t20?,22?,23?,24?,28-,29+,30+,31+/m0/s1. The fourth-order valence-corrected chi connectivity index (χ4v) is 11.1. The topological polar surface area (TPSA) is 74.6 Å². The molecule has 2 N–H and O–H groups in total. The van der Waals surface area contributed by atoms with Crippen molar-refractivity contribution in [2.45, 2.75) is 106 Å². The van der Waals surface area contributed by atoms with Crippen LogP contribution in [0.2, 0.25) is 0 Å². The molecular weight excluding hydrogens is 436 g/mol. The van der Waals surface area contributed by atoms with Crippen molar-refractivity contribution in [2.75, 3.05) is 6.61 Å². The van der Waals surface area contributed by atoms with Gasteiger partial charge in [0.25, 0.3) is 0 Å². The Hall–Kier alpha value is -1.16. The number of aliphatic hydroxyl groups is 2. The van der Waals surface area contributed by atoms with E-state index in [1.54, 1.807) is 0 Å². The summed E-state index contributed by atoms with van der Waals surface area (Å²) in [6.07, 6.45) is 9.44. The molecule has 4 heteroatoms. The molecule has 0 amide bonds. The molecule has 4 nitrogen and oxygen atoms in total. The van der Waals surface area contributed by atoms with Gasteiger partial charge in [0.1, 0.15) is 5.78 Å². The number of rotatable bonds is 1. The Morgan fingerprint density at radius 1 is 0.886 bits per heavy atom. The molecule has 0 saturated heterocycles. The molecule has 0 bridgehead atoms. The molecule has 0 aromatic carbocycles. The van der Waals surface area contributed by atoms with E-state index in [4.69, 9.17) is 0 Å². The van der Waals surface area contributed by atoms with E-state index < -0.39 is 5.41 Å². The van der Waals surface area contributed by atoms with Gasteiger partial charge in [-0.1, -0.05) is 48.5 Å². The number of hydrogen-bond acceptors (Lipinski definition) is 4. The van der Waals surface area contributed by atoms with Crippen LogP contribution in [0.5, 0.6) is 0 Å². The van der Waals surface area contributed by atoms with Gasteiger partial charge in [0.15, 0.2) is 5.78 Å². The first kappa shape index (κ1) is 25.5. The van der Waals surface area contributed by atoms with Crippen LogP contribution in [0.15, 0.2) is 11.8 Å². The summed E-state index contributed by atoms with van der Waals surface area (Å²) in [5, 5.41) is 20.7. The molecule has 5 saturated carbocycles. The van der Waals surface area contributed by atoms with Crippen LogP contribution in [-0.4, -0.2) is 28.4 Å². The highest BCUT2D eigenvalue weighted by Crippen LogP contribution is 2.76. The second kappa shape index (κ2) is 7.45. The number of carbonyl (C=O) groups excluding carboxylic acids is 2. The predicted molar refractivity (Wildman–Crippen MR) is 138 cm³/mol. The Bertz CT molecular complexity index is 976. The third kappa shape index (κ3) is 3.07. The van der Waals surface area contributed by atoms with Crippen molar-refractivity contribution < 1.29 is 19.8 Å². The summed E-state index contributed by atoms with van der Waals surface area (Å²) in [5.41, 5.74) is -0.197. The minimum Gasteiger partial charge on any atom is -0.515 e. The van der Waals surface area contributed by atoms with Gasteiger partial charge < -0.3 is 10.2 Å². The number of hydrogen-bond donors (Lipinski definition) is 2. The molecule has 5 rings (SSSR count). The normalized spacial score (nSPS) is 51.7. The average Bonchev–Trinajstić information content (AvgIpc) is 2.77. The van der Waals surface area contributed by atoms with Gasteiger partial charge >= 0.3 is 0 Å². The van der Waals surface area contributed by atoms with Gasteiger partial charge in [-0.05, 0) is 96.2 Å². The van der Waals surface area contributed by atoms with Gasteiger partial charge in [-0.25, -0.2) is 0 Å². The van der Waals surface area contributed by atoms with Crippen LogP contribution in [0.1, 0.15) is 106 Å². The second-order valence-corrected chi connectivity index (χ2v) is 15.5. The molecule has 0 aliphatic heterocycles. The third-order valence-electron chi connectivity index (χ3n) is 13.3. The minimum atomic E-state index is -0.532. The van der Waals surface area contributed by atoms with Crippen molar-refractivity contribution in [3.8, 4) is 0 Å². The van der Waals surface area contributed by atoms with Crippen LogP contribution in [0.4, 0.5) is 0 Å². The summed E-state index contributed by atoms with van der Waals surface area (Å²) >= 11 is 0. The Kier molecular flexibility index (Phi) is 5.43. The Balaban J connectivity index is 1.61. The van der Waals surface area contributed by atoms with Gasteiger partial charge in [0.2, 0.25) is 0 Å². The lowest BCUT2D eigenvalue weighted by Crippen LogP contribution is -2.69. The van der Waals surface area contributed by atoms with Crippen LogP contribution >= 0.6 is 0 Å². The zero-order valence-corrected chi connectivity index (χ0v) is 23.2. The largest absolute Gasteiger partial charge is 0.515 e. The third-order valence-corrected chi connectivity index (χ3v) is 13.3. The monoisotopic (exact) mass is 484 g/mol. The van der Waals surface area contributed by atoms with Gasteiger partial charge in [-0.3, -0.25) is 9.59 Å². The molecule has 0 spiro atoms. The van der Waals surface area contributed by atoms with Crippen LogP contribution in [0, 0.1) is 56.2 Å². The van der Waals surface area contributed by atoms with Crippen molar-refractivity contribution in [1.82, 2.24) is 0 Å². The number of aliphatic hydroxyl groups excluding tert-OH is 2. The fraction of sp³-hybridized carbons (Fsp3) is 0.871. The molecule has 5 aliphatic rings. The molecule has 5 fully saturated rings. The summed E-state index contributed by atoms with van der Waals surface area (Å²) in [5.74, 6) is 1.15. The highest BCUT2D eigenvalue weighted by Gasteiger charge is 2.72. The minimum absolute atomic E-state index is 0.00291. The SMILES string of the molecule is CC1(C)CC[C@]2(CO)CC[C@]3(C)C(C(=O)CC4[C@@]5(C)CC(=CO)C(=O)C(C)(C)C5CC[C@]43C)C2C1. The van der Waals surface area contributed by atoms with Crippen LogP contribution in [-0.2, 0) is 9.59 Å². The Labute approximate surface area is 212 Å². The van der Waals surface area contributed by atoms with E-state index in [0.717, 1.165) is 51.2 Å². The van der Waals surface area contributed by atoms with Crippen molar-refractivity contribution in [1.29, 1.82) is 0 Å². The smallest absolute Gasteiger partial charge is 0.167 e. The maximum absolute atomic E-state index is 14.3. The molecular formula is C31H48O4. The van der Waals surface area contributed by atoms with E-state index in [1.807, 2.05) is 0 Å². The first-order valence-corrected chi connectivity index (χ1v) is 14.1. The first-order valence-electron chi connectivity index (χ1n) is 14.1. The first-order chi connectivity index (χ1) is 16.1. The predicted octanol–water partition coefficient (Wildman–Crippen LogP) is 6.66. The lowest BCUT2D eigenvalue weighted by Gasteiger charge is -2.72. The van der Waals surface area contributed by atoms with E-state index in [0.29, 0.717) is 24.2 Å². The molecule has 0 heterocycles. The summed E-state index contributed by atoms with van der Waals surface area (Å²) in [7, 11) is 0. The zero-order chi connectivity index (χ0) is 25.8. The highest BCUT2D eigenvalue weighted by atomic mass is 16.3. The van der Waals surface area contributed by atoms with E-state index in [2.05, 4.69) is 48.5 Å². The van der Waals surface area contributed by atoms with E-state index >= 15 is 0 Å². The highest BCUT2D eigenvalue weighted by molar-refractivity contribution is 6.00. The maximum atomic E-state index is 14.3. The number of fused-ring (bicyclic) bond motifs is 7. The van der Waals surface area contributed by atoms with E-state index in [9.17, 15) is 19.8 Å². The van der Waals surface area contributed by atoms with Crippen LogP contribution in [0.25, 0.3) is 0 Å². The summed E-state index contributed by atoms with van der Waals surface area (Å²) in [6.45, 7) is 16.2. The molecule has 0 radical (unpaired) electrons. The van der Waals surface area contributed by atoms with Gasteiger partial charge in [0.05, 0.1) is 6.26 Å². The average molecular weight is 485 g/mol. The van der Waals surface area contributed by atoms with Crippen molar-refractivity contribution in [3.05, 3.63) is 11.8 Å². The van der Waals surface area contributed by atoms with Gasteiger partial charge in [-0.15, -0.1) is 0 Å². The lowest BCUT2D eigenvalue weighted by molar-refractivity contribution is -0.234. The Morgan fingerprint density at radius 3 is 2.17 bits per heavy atom. The second-order valence-electron chi connectivity index (χ2n) is 15.5. The molecule has 8 atom stereocenters. The molecule has 4 unspecified atom stereocenters. The fourth-order valence-electron chi connectivity index (χ4n) is 11.1. The van der Waals surface area contributed by atoms with E-state index in [-0.39, 0.29) is 63.1 Å². The molecule has 196 valence electrons.